The second kappa shape index (κ2) is 6.02. The van der Waals surface area contributed by atoms with Gasteiger partial charge in [-0.05, 0) is 19.3 Å². The van der Waals surface area contributed by atoms with Crippen LogP contribution in [0.1, 0.15) is 32.6 Å². The van der Waals surface area contributed by atoms with Gasteiger partial charge in [0.05, 0.1) is 12.7 Å². The van der Waals surface area contributed by atoms with E-state index in [2.05, 4.69) is 5.10 Å². The molecule has 2 rings (SSSR count). The average molecular weight is 286 g/mol. The van der Waals surface area contributed by atoms with Crippen molar-refractivity contribution in [3.8, 4) is 0 Å². The van der Waals surface area contributed by atoms with Gasteiger partial charge in [0.2, 0.25) is 10.0 Å². The van der Waals surface area contributed by atoms with Gasteiger partial charge in [0.25, 0.3) is 0 Å². The van der Waals surface area contributed by atoms with Crippen molar-refractivity contribution < 1.29 is 8.42 Å². The van der Waals surface area contributed by atoms with Crippen molar-refractivity contribution in [1.29, 1.82) is 0 Å². The zero-order valence-corrected chi connectivity index (χ0v) is 12.1. The van der Waals surface area contributed by atoms with E-state index in [1.807, 2.05) is 6.92 Å². The highest BCUT2D eigenvalue weighted by molar-refractivity contribution is 7.89. The molecule has 1 saturated heterocycles. The first-order valence-electron chi connectivity index (χ1n) is 6.84. The maximum Gasteiger partial charge on any atom is 0.246 e. The van der Waals surface area contributed by atoms with Crippen LogP contribution in [0.5, 0.6) is 0 Å². The smallest absolute Gasteiger partial charge is 0.246 e. The molecule has 1 fully saturated rings. The molecule has 1 aromatic heterocycles. The Kier molecular flexibility index (Phi) is 4.59. The van der Waals surface area contributed by atoms with E-state index in [9.17, 15) is 8.42 Å². The summed E-state index contributed by atoms with van der Waals surface area (Å²) in [6.45, 7) is 3.63. The standard InChI is InChI=1S/C12H22N4O2S/c1-2-11-5-3-4-7-16(11)19(17,18)12-9-14-15(10-12)8-6-13/h9-11H,2-8,13H2,1H3. The first-order valence-corrected chi connectivity index (χ1v) is 8.28. The second-order valence-electron chi connectivity index (χ2n) is 4.90. The predicted molar refractivity (Wildman–Crippen MR) is 73.1 cm³/mol. The van der Waals surface area contributed by atoms with E-state index < -0.39 is 10.0 Å². The third kappa shape index (κ3) is 2.98. The van der Waals surface area contributed by atoms with Crippen molar-refractivity contribution in [3.05, 3.63) is 12.4 Å². The Morgan fingerprint density at radius 1 is 1.47 bits per heavy atom. The highest BCUT2D eigenvalue weighted by atomic mass is 32.2. The monoisotopic (exact) mass is 286 g/mol. The molecule has 1 aliphatic heterocycles. The molecular weight excluding hydrogens is 264 g/mol. The Hall–Kier alpha value is -0.920. The molecule has 0 amide bonds. The summed E-state index contributed by atoms with van der Waals surface area (Å²) in [5.41, 5.74) is 5.44. The summed E-state index contributed by atoms with van der Waals surface area (Å²) in [6, 6.07) is 0.122. The number of nitrogens with zero attached hydrogens (tertiary/aromatic N) is 3. The molecule has 1 aromatic rings. The fraction of sp³-hybridized carbons (Fsp3) is 0.750. The van der Waals surface area contributed by atoms with Crippen LogP contribution in [0.25, 0.3) is 0 Å². The Bertz CT molecular complexity index is 512. The summed E-state index contributed by atoms with van der Waals surface area (Å²) in [6.07, 6.45) is 6.85. The van der Waals surface area contributed by atoms with E-state index in [1.165, 1.54) is 6.20 Å². The maximum absolute atomic E-state index is 12.6. The molecule has 7 heteroatoms. The molecule has 1 atom stereocenters. The molecule has 0 radical (unpaired) electrons. The van der Waals surface area contributed by atoms with Gasteiger partial charge in [-0.3, -0.25) is 4.68 Å². The van der Waals surface area contributed by atoms with Crippen LogP contribution in [0.4, 0.5) is 0 Å². The summed E-state index contributed by atoms with van der Waals surface area (Å²) in [7, 11) is -3.41. The largest absolute Gasteiger partial charge is 0.329 e. The molecule has 108 valence electrons. The molecule has 0 saturated carbocycles. The summed E-state index contributed by atoms with van der Waals surface area (Å²) >= 11 is 0. The van der Waals surface area contributed by atoms with Gasteiger partial charge in [-0.1, -0.05) is 13.3 Å². The van der Waals surface area contributed by atoms with E-state index in [1.54, 1.807) is 15.2 Å². The minimum Gasteiger partial charge on any atom is -0.329 e. The average Bonchev–Trinajstić information content (AvgIpc) is 2.88. The Balaban J connectivity index is 2.24. The molecule has 19 heavy (non-hydrogen) atoms. The first-order chi connectivity index (χ1) is 9.09. The Morgan fingerprint density at radius 3 is 2.95 bits per heavy atom. The van der Waals surface area contributed by atoms with Crippen LogP contribution in [0, 0.1) is 0 Å². The number of hydrogen-bond donors (Lipinski definition) is 1. The number of hydrogen-bond acceptors (Lipinski definition) is 4. The van der Waals surface area contributed by atoms with Crippen LogP contribution >= 0.6 is 0 Å². The highest BCUT2D eigenvalue weighted by Crippen LogP contribution is 2.26. The van der Waals surface area contributed by atoms with Crippen molar-refractivity contribution in [1.82, 2.24) is 14.1 Å². The summed E-state index contributed by atoms with van der Waals surface area (Å²) in [4.78, 5) is 0.279. The van der Waals surface area contributed by atoms with Gasteiger partial charge in [-0.25, -0.2) is 8.42 Å². The lowest BCUT2D eigenvalue weighted by Gasteiger charge is -2.33. The molecule has 6 nitrogen and oxygen atoms in total. The fourth-order valence-electron chi connectivity index (χ4n) is 2.57. The fourth-order valence-corrected chi connectivity index (χ4v) is 4.29. The van der Waals surface area contributed by atoms with E-state index in [4.69, 9.17) is 5.73 Å². The number of aromatic nitrogens is 2. The second-order valence-corrected chi connectivity index (χ2v) is 6.79. The van der Waals surface area contributed by atoms with Crippen LogP contribution in [-0.4, -0.2) is 41.6 Å². The van der Waals surface area contributed by atoms with Crippen LogP contribution < -0.4 is 5.73 Å². The van der Waals surface area contributed by atoms with Crippen LogP contribution in [0.2, 0.25) is 0 Å². The highest BCUT2D eigenvalue weighted by Gasteiger charge is 2.33. The number of piperidine rings is 1. The molecule has 1 unspecified atom stereocenters. The van der Waals surface area contributed by atoms with Gasteiger partial charge in [0, 0.05) is 25.3 Å². The Labute approximate surface area is 114 Å². The van der Waals surface area contributed by atoms with E-state index in [0.717, 1.165) is 25.7 Å². The molecule has 1 aliphatic rings. The lowest BCUT2D eigenvalue weighted by atomic mass is 10.0. The molecule has 2 heterocycles. The van der Waals surface area contributed by atoms with E-state index in [0.29, 0.717) is 19.6 Å². The topological polar surface area (TPSA) is 81.2 Å². The van der Waals surface area contributed by atoms with Gasteiger partial charge >= 0.3 is 0 Å². The van der Waals surface area contributed by atoms with E-state index >= 15 is 0 Å². The predicted octanol–water partition coefficient (Wildman–Crippen LogP) is 0.795. The maximum atomic E-state index is 12.6. The lowest BCUT2D eigenvalue weighted by Crippen LogP contribution is -2.43. The van der Waals surface area contributed by atoms with Crippen LogP contribution in [-0.2, 0) is 16.6 Å². The molecule has 0 aliphatic carbocycles. The van der Waals surface area contributed by atoms with Gasteiger partial charge in [-0.2, -0.15) is 9.40 Å². The number of rotatable bonds is 5. The van der Waals surface area contributed by atoms with Crippen LogP contribution in [0.3, 0.4) is 0 Å². The molecule has 0 aromatic carbocycles. The minimum absolute atomic E-state index is 0.122. The van der Waals surface area contributed by atoms with Gasteiger partial charge in [0.15, 0.2) is 0 Å². The number of nitrogens with two attached hydrogens (primary N) is 1. The molecule has 2 N–H and O–H groups in total. The van der Waals surface area contributed by atoms with E-state index in [-0.39, 0.29) is 10.9 Å². The van der Waals surface area contributed by atoms with Crippen molar-refractivity contribution in [2.45, 2.75) is 50.1 Å². The lowest BCUT2D eigenvalue weighted by molar-refractivity contribution is 0.246. The molecular formula is C12H22N4O2S. The quantitative estimate of drug-likeness (QED) is 0.868. The first kappa shape index (κ1) is 14.5. The molecule has 0 bridgehead atoms. The van der Waals surface area contributed by atoms with Crippen LogP contribution in [0.15, 0.2) is 17.3 Å². The summed E-state index contributed by atoms with van der Waals surface area (Å²) in [5.74, 6) is 0. The minimum atomic E-state index is -3.41. The zero-order valence-electron chi connectivity index (χ0n) is 11.3. The zero-order chi connectivity index (χ0) is 13.9. The molecule has 0 spiro atoms. The van der Waals surface area contributed by atoms with Gasteiger partial charge < -0.3 is 5.73 Å². The summed E-state index contributed by atoms with van der Waals surface area (Å²) in [5, 5.41) is 4.05. The third-order valence-electron chi connectivity index (χ3n) is 3.62. The van der Waals surface area contributed by atoms with Gasteiger partial charge in [-0.15, -0.1) is 0 Å². The van der Waals surface area contributed by atoms with Crippen molar-refractivity contribution in [2.24, 2.45) is 5.73 Å². The van der Waals surface area contributed by atoms with Crippen molar-refractivity contribution in [3.63, 3.8) is 0 Å². The van der Waals surface area contributed by atoms with Crippen molar-refractivity contribution >= 4 is 10.0 Å². The normalized spacial score (nSPS) is 21.7. The SMILES string of the molecule is CCC1CCCCN1S(=O)(=O)c1cnn(CCN)c1. The number of sulfonamides is 1. The summed E-state index contributed by atoms with van der Waals surface area (Å²) < 4.78 is 28.5. The Morgan fingerprint density at radius 2 is 2.26 bits per heavy atom. The third-order valence-corrected chi connectivity index (χ3v) is 5.52. The van der Waals surface area contributed by atoms with Gasteiger partial charge in [0.1, 0.15) is 4.90 Å². The van der Waals surface area contributed by atoms with Crippen molar-refractivity contribution in [2.75, 3.05) is 13.1 Å².